The summed E-state index contributed by atoms with van der Waals surface area (Å²) in [4.78, 5) is 10.7. The maximum Gasteiger partial charge on any atom is 0.305 e. The summed E-state index contributed by atoms with van der Waals surface area (Å²) in [6.45, 7) is 0. The van der Waals surface area contributed by atoms with Crippen LogP contribution in [0.4, 0.5) is 0 Å². The fraction of sp³-hybridized carbons (Fsp3) is 0.889. The number of carbonyl (C=O) groups excluding carboxylic acids is 1. The first-order valence-corrected chi connectivity index (χ1v) is 4.49. The Balaban J connectivity index is 2.09. The van der Waals surface area contributed by atoms with Crippen molar-refractivity contribution in [3.63, 3.8) is 0 Å². The van der Waals surface area contributed by atoms with Gasteiger partial charge in [-0.3, -0.25) is 4.79 Å². The van der Waals surface area contributed by atoms with Gasteiger partial charge in [0.2, 0.25) is 0 Å². The van der Waals surface area contributed by atoms with Crippen LogP contribution < -0.4 is 0 Å². The second kappa shape index (κ2) is 4.45. The Hall–Kier alpha value is -0.570. The standard InChI is InChI=1S/C9H16O3/c1-12-9(11)6-5-8(10)7-3-2-4-7/h7-8,10H,2-6H2,1H3. The molecule has 70 valence electrons. The van der Waals surface area contributed by atoms with E-state index in [0.29, 0.717) is 18.8 Å². The largest absolute Gasteiger partial charge is 0.469 e. The van der Waals surface area contributed by atoms with Crippen molar-refractivity contribution >= 4 is 5.97 Å². The lowest BCUT2D eigenvalue weighted by atomic mass is 9.80. The first-order chi connectivity index (χ1) is 5.74. The number of methoxy groups -OCH3 is 1. The first-order valence-electron chi connectivity index (χ1n) is 4.49. The molecule has 1 N–H and O–H groups in total. The lowest BCUT2D eigenvalue weighted by molar-refractivity contribution is -0.141. The Morgan fingerprint density at radius 2 is 2.33 bits per heavy atom. The predicted molar refractivity (Wildman–Crippen MR) is 44.6 cm³/mol. The Labute approximate surface area is 72.7 Å². The second-order valence-electron chi connectivity index (χ2n) is 3.37. The molecule has 1 atom stereocenters. The summed E-state index contributed by atoms with van der Waals surface area (Å²) in [5, 5.41) is 9.51. The third-order valence-corrected chi connectivity index (χ3v) is 2.57. The molecule has 0 aromatic carbocycles. The molecule has 1 rings (SSSR count). The molecule has 1 aliphatic carbocycles. The molecule has 0 aromatic rings. The molecule has 1 aliphatic rings. The third kappa shape index (κ3) is 2.48. The van der Waals surface area contributed by atoms with E-state index in [2.05, 4.69) is 4.74 Å². The summed E-state index contributed by atoms with van der Waals surface area (Å²) in [7, 11) is 1.37. The minimum atomic E-state index is -0.294. The van der Waals surface area contributed by atoms with Crippen LogP contribution in [0.1, 0.15) is 32.1 Å². The molecule has 3 heteroatoms. The Morgan fingerprint density at radius 1 is 1.67 bits per heavy atom. The molecule has 1 saturated carbocycles. The van der Waals surface area contributed by atoms with Crippen molar-refractivity contribution in [1.29, 1.82) is 0 Å². The number of rotatable bonds is 4. The molecule has 0 heterocycles. The molecular formula is C9H16O3. The summed E-state index contributed by atoms with van der Waals surface area (Å²) in [5.74, 6) is 0.211. The normalized spacial score (nSPS) is 19.8. The van der Waals surface area contributed by atoms with E-state index in [1.54, 1.807) is 0 Å². The quantitative estimate of drug-likeness (QED) is 0.646. The number of esters is 1. The average Bonchev–Trinajstić information content (AvgIpc) is 1.97. The van der Waals surface area contributed by atoms with Crippen molar-refractivity contribution in [3.8, 4) is 0 Å². The number of hydrogen-bond acceptors (Lipinski definition) is 3. The van der Waals surface area contributed by atoms with Crippen LogP contribution in [-0.2, 0) is 9.53 Å². The SMILES string of the molecule is COC(=O)CCC(O)C1CCC1. The van der Waals surface area contributed by atoms with Crippen molar-refractivity contribution in [3.05, 3.63) is 0 Å². The molecule has 0 saturated heterocycles. The highest BCUT2D eigenvalue weighted by Crippen LogP contribution is 2.31. The van der Waals surface area contributed by atoms with E-state index in [4.69, 9.17) is 0 Å². The second-order valence-corrected chi connectivity index (χ2v) is 3.37. The van der Waals surface area contributed by atoms with Gasteiger partial charge in [0.15, 0.2) is 0 Å². The van der Waals surface area contributed by atoms with Crippen molar-refractivity contribution < 1.29 is 14.6 Å². The van der Waals surface area contributed by atoms with Crippen LogP contribution in [0.15, 0.2) is 0 Å². The van der Waals surface area contributed by atoms with Crippen LogP contribution in [0.25, 0.3) is 0 Å². The maximum absolute atomic E-state index is 10.7. The highest BCUT2D eigenvalue weighted by Gasteiger charge is 2.25. The summed E-state index contributed by atoms with van der Waals surface area (Å²) in [6.07, 6.45) is 4.05. The monoisotopic (exact) mass is 172 g/mol. The van der Waals surface area contributed by atoms with Crippen molar-refractivity contribution in [2.45, 2.75) is 38.2 Å². The number of carbonyl (C=O) groups is 1. The molecule has 3 nitrogen and oxygen atoms in total. The van der Waals surface area contributed by atoms with Gasteiger partial charge in [0.05, 0.1) is 13.2 Å². The maximum atomic E-state index is 10.7. The topological polar surface area (TPSA) is 46.5 Å². The minimum absolute atomic E-state index is 0.228. The number of hydrogen-bond donors (Lipinski definition) is 1. The van der Waals surface area contributed by atoms with Crippen LogP contribution in [0.3, 0.4) is 0 Å². The van der Waals surface area contributed by atoms with Gasteiger partial charge in [-0.05, 0) is 25.2 Å². The van der Waals surface area contributed by atoms with E-state index in [9.17, 15) is 9.90 Å². The fourth-order valence-electron chi connectivity index (χ4n) is 1.43. The molecule has 1 fully saturated rings. The van der Waals surface area contributed by atoms with E-state index in [0.717, 1.165) is 12.8 Å². The van der Waals surface area contributed by atoms with Crippen LogP contribution >= 0.6 is 0 Å². The van der Waals surface area contributed by atoms with E-state index in [1.807, 2.05) is 0 Å². The number of ether oxygens (including phenoxy) is 1. The minimum Gasteiger partial charge on any atom is -0.469 e. The van der Waals surface area contributed by atoms with E-state index in [-0.39, 0.29) is 12.1 Å². The van der Waals surface area contributed by atoms with Gasteiger partial charge >= 0.3 is 5.97 Å². The first kappa shape index (κ1) is 9.52. The van der Waals surface area contributed by atoms with Gasteiger partial charge in [0, 0.05) is 6.42 Å². The summed E-state index contributed by atoms with van der Waals surface area (Å²) >= 11 is 0. The van der Waals surface area contributed by atoms with Gasteiger partial charge in [-0.15, -0.1) is 0 Å². The van der Waals surface area contributed by atoms with Crippen LogP contribution in [-0.4, -0.2) is 24.3 Å². The molecule has 0 radical (unpaired) electrons. The highest BCUT2D eigenvalue weighted by atomic mass is 16.5. The molecule has 0 aliphatic heterocycles. The lowest BCUT2D eigenvalue weighted by Crippen LogP contribution is -2.27. The van der Waals surface area contributed by atoms with Gasteiger partial charge in [-0.2, -0.15) is 0 Å². The molecule has 0 amide bonds. The molecule has 0 aromatic heterocycles. The van der Waals surface area contributed by atoms with Crippen molar-refractivity contribution in [1.82, 2.24) is 0 Å². The average molecular weight is 172 g/mol. The zero-order valence-corrected chi connectivity index (χ0v) is 7.45. The summed E-state index contributed by atoms with van der Waals surface area (Å²) in [6, 6.07) is 0. The van der Waals surface area contributed by atoms with Gasteiger partial charge in [-0.1, -0.05) is 6.42 Å². The number of aliphatic hydroxyl groups is 1. The van der Waals surface area contributed by atoms with Gasteiger partial charge in [-0.25, -0.2) is 0 Å². The zero-order valence-electron chi connectivity index (χ0n) is 7.45. The predicted octanol–water partition coefficient (Wildman–Crippen LogP) is 1.10. The van der Waals surface area contributed by atoms with Crippen molar-refractivity contribution in [2.75, 3.05) is 7.11 Å². The van der Waals surface area contributed by atoms with Crippen molar-refractivity contribution in [2.24, 2.45) is 5.92 Å². The summed E-state index contributed by atoms with van der Waals surface area (Å²) in [5.41, 5.74) is 0. The third-order valence-electron chi connectivity index (χ3n) is 2.57. The van der Waals surface area contributed by atoms with E-state index in [1.165, 1.54) is 13.5 Å². The lowest BCUT2D eigenvalue weighted by Gasteiger charge is -2.29. The molecule has 12 heavy (non-hydrogen) atoms. The number of aliphatic hydroxyl groups excluding tert-OH is 1. The van der Waals surface area contributed by atoms with Crippen LogP contribution in [0.5, 0.6) is 0 Å². The summed E-state index contributed by atoms with van der Waals surface area (Å²) < 4.78 is 4.48. The van der Waals surface area contributed by atoms with E-state index >= 15 is 0 Å². The molecule has 0 bridgehead atoms. The highest BCUT2D eigenvalue weighted by molar-refractivity contribution is 5.69. The van der Waals surface area contributed by atoms with E-state index < -0.39 is 0 Å². The Morgan fingerprint density at radius 3 is 2.75 bits per heavy atom. The molecular weight excluding hydrogens is 156 g/mol. The Bertz CT molecular complexity index is 152. The van der Waals surface area contributed by atoms with Gasteiger partial charge in [0.1, 0.15) is 0 Å². The smallest absolute Gasteiger partial charge is 0.305 e. The molecule has 0 spiro atoms. The molecule has 1 unspecified atom stereocenters. The Kier molecular flexibility index (Phi) is 3.53. The fourth-order valence-corrected chi connectivity index (χ4v) is 1.43. The van der Waals surface area contributed by atoms with Gasteiger partial charge in [0.25, 0.3) is 0 Å². The van der Waals surface area contributed by atoms with Crippen LogP contribution in [0.2, 0.25) is 0 Å². The van der Waals surface area contributed by atoms with Gasteiger partial charge < -0.3 is 9.84 Å². The zero-order chi connectivity index (χ0) is 8.97. The van der Waals surface area contributed by atoms with Crippen LogP contribution in [0, 0.1) is 5.92 Å².